The summed E-state index contributed by atoms with van der Waals surface area (Å²) in [6.45, 7) is 6.87. The van der Waals surface area contributed by atoms with Crippen molar-refractivity contribution in [3.05, 3.63) is 35.4 Å². The van der Waals surface area contributed by atoms with E-state index in [1.807, 2.05) is 43.1 Å². The maximum absolute atomic E-state index is 12.7. The van der Waals surface area contributed by atoms with Crippen LogP contribution in [-0.4, -0.2) is 102 Å². The molecule has 1 aromatic rings. The number of aliphatic carboxylic acids is 1. The number of hydrogen-bond donors (Lipinski definition) is 1. The van der Waals surface area contributed by atoms with E-state index in [-0.39, 0.29) is 31.2 Å². The number of rotatable bonds is 12. The predicted molar refractivity (Wildman–Crippen MR) is 120 cm³/mol. The number of likely N-dealkylation sites (N-methyl/N-ethyl adjacent to an activating group) is 3. The van der Waals surface area contributed by atoms with Crippen LogP contribution in [0.5, 0.6) is 0 Å². The number of benzene rings is 1. The van der Waals surface area contributed by atoms with Gasteiger partial charge in [-0.15, -0.1) is 0 Å². The van der Waals surface area contributed by atoms with Gasteiger partial charge >= 0.3 is 5.97 Å². The van der Waals surface area contributed by atoms with Gasteiger partial charge in [-0.05, 0) is 32.6 Å². The highest BCUT2D eigenvalue weighted by atomic mass is 16.4. The molecule has 1 aromatic carbocycles. The summed E-state index contributed by atoms with van der Waals surface area (Å²) < 4.78 is 0. The Morgan fingerprint density at radius 2 is 1.94 bits per heavy atom. The van der Waals surface area contributed by atoms with E-state index in [9.17, 15) is 14.4 Å². The van der Waals surface area contributed by atoms with Crippen LogP contribution in [0.1, 0.15) is 48.8 Å². The van der Waals surface area contributed by atoms with Crippen LogP contribution in [0.25, 0.3) is 0 Å². The molecule has 1 fully saturated rings. The summed E-state index contributed by atoms with van der Waals surface area (Å²) in [6.07, 6.45) is 2.61. The van der Waals surface area contributed by atoms with E-state index in [0.29, 0.717) is 18.7 Å². The van der Waals surface area contributed by atoms with Crippen molar-refractivity contribution >= 4 is 18.2 Å². The Labute approximate surface area is 185 Å². The number of nitrogens with zero attached hydrogens (tertiary/aromatic N) is 4. The average molecular weight is 433 g/mol. The lowest BCUT2D eigenvalue weighted by Gasteiger charge is -2.31. The normalized spacial score (nSPS) is 19.6. The molecule has 1 amide bonds. The summed E-state index contributed by atoms with van der Waals surface area (Å²) in [6, 6.07) is 7.86. The SMILES string of the molecule is CCCCN(CC(=O)O)C(=O)CN(C)CC1CN(CC)C(c2ccccc2C=O)N1C. The number of carbonyl (C=O) groups excluding carboxylic acids is 2. The van der Waals surface area contributed by atoms with E-state index in [2.05, 4.69) is 23.8 Å². The van der Waals surface area contributed by atoms with Gasteiger partial charge in [0.25, 0.3) is 0 Å². The molecule has 1 saturated heterocycles. The lowest BCUT2D eigenvalue weighted by Crippen LogP contribution is -2.45. The first-order valence-corrected chi connectivity index (χ1v) is 11.0. The molecule has 1 aliphatic heterocycles. The topological polar surface area (TPSA) is 84.4 Å². The van der Waals surface area contributed by atoms with Crippen molar-refractivity contribution in [2.75, 3.05) is 53.4 Å². The maximum atomic E-state index is 12.7. The second-order valence-electron chi connectivity index (χ2n) is 8.29. The Bertz CT molecular complexity index is 757. The summed E-state index contributed by atoms with van der Waals surface area (Å²) >= 11 is 0. The molecule has 0 radical (unpaired) electrons. The van der Waals surface area contributed by atoms with E-state index >= 15 is 0 Å². The van der Waals surface area contributed by atoms with Crippen molar-refractivity contribution in [3.8, 4) is 0 Å². The van der Waals surface area contributed by atoms with Crippen LogP contribution < -0.4 is 0 Å². The van der Waals surface area contributed by atoms with Gasteiger partial charge in [0.05, 0.1) is 12.7 Å². The zero-order valence-corrected chi connectivity index (χ0v) is 19.2. The Hall–Kier alpha value is -2.29. The highest BCUT2D eigenvalue weighted by Crippen LogP contribution is 2.33. The summed E-state index contributed by atoms with van der Waals surface area (Å²) in [5.74, 6) is -1.15. The molecule has 1 N–H and O–H groups in total. The number of carbonyl (C=O) groups is 3. The van der Waals surface area contributed by atoms with Gasteiger partial charge in [-0.3, -0.25) is 29.1 Å². The molecule has 1 heterocycles. The van der Waals surface area contributed by atoms with Crippen molar-refractivity contribution in [3.63, 3.8) is 0 Å². The summed E-state index contributed by atoms with van der Waals surface area (Å²) in [7, 11) is 3.95. The lowest BCUT2D eigenvalue weighted by atomic mass is 10.0. The molecule has 2 atom stereocenters. The Morgan fingerprint density at radius 3 is 2.55 bits per heavy atom. The van der Waals surface area contributed by atoms with Crippen molar-refractivity contribution in [2.45, 2.75) is 38.9 Å². The van der Waals surface area contributed by atoms with Crippen molar-refractivity contribution in [1.82, 2.24) is 19.6 Å². The fourth-order valence-corrected chi connectivity index (χ4v) is 4.27. The van der Waals surface area contributed by atoms with Crippen molar-refractivity contribution < 1.29 is 19.5 Å². The molecule has 0 saturated carbocycles. The molecule has 0 aromatic heterocycles. The molecule has 1 aliphatic rings. The smallest absolute Gasteiger partial charge is 0.323 e. The van der Waals surface area contributed by atoms with Crippen molar-refractivity contribution in [2.24, 2.45) is 0 Å². The molecule has 0 aliphatic carbocycles. The van der Waals surface area contributed by atoms with Gasteiger partial charge in [-0.25, -0.2) is 0 Å². The van der Waals surface area contributed by atoms with Gasteiger partial charge in [0.2, 0.25) is 5.91 Å². The third-order valence-corrected chi connectivity index (χ3v) is 5.95. The molecule has 2 unspecified atom stereocenters. The van der Waals surface area contributed by atoms with Gasteiger partial charge in [-0.2, -0.15) is 0 Å². The average Bonchev–Trinajstić information content (AvgIpc) is 3.05. The van der Waals surface area contributed by atoms with Crippen LogP contribution in [0.4, 0.5) is 0 Å². The third-order valence-electron chi connectivity index (χ3n) is 5.95. The predicted octanol–water partition coefficient (Wildman–Crippen LogP) is 1.78. The fourth-order valence-electron chi connectivity index (χ4n) is 4.27. The van der Waals surface area contributed by atoms with Gasteiger partial charge < -0.3 is 10.0 Å². The van der Waals surface area contributed by atoms with E-state index in [1.54, 1.807) is 0 Å². The number of aldehydes is 1. The molecule has 8 heteroatoms. The first-order chi connectivity index (χ1) is 14.8. The van der Waals surface area contributed by atoms with Crippen LogP contribution in [0.2, 0.25) is 0 Å². The Kier molecular flexibility index (Phi) is 9.61. The zero-order valence-electron chi connectivity index (χ0n) is 19.2. The van der Waals surface area contributed by atoms with Gasteiger partial charge in [0, 0.05) is 31.2 Å². The van der Waals surface area contributed by atoms with E-state index in [0.717, 1.165) is 37.8 Å². The van der Waals surface area contributed by atoms with Crippen molar-refractivity contribution in [1.29, 1.82) is 0 Å². The molecule has 172 valence electrons. The molecule has 0 spiro atoms. The number of hydrogen-bond acceptors (Lipinski definition) is 6. The fraction of sp³-hybridized carbons (Fsp3) is 0.609. The van der Waals surface area contributed by atoms with Gasteiger partial charge in [-0.1, -0.05) is 44.5 Å². The number of amides is 1. The Morgan fingerprint density at radius 1 is 1.23 bits per heavy atom. The van der Waals surface area contributed by atoms with Gasteiger partial charge in [0.1, 0.15) is 12.8 Å². The second kappa shape index (κ2) is 11.9. The van der Waals surface area contributed by atoms with E-state index in [1.165, 1.54) is 4.90 Å². The minimum Gasteiger partial charge on any atom is -0.480 e. The second-order valence-corrected chi connectivity index (χ2v) is 8.29. The van der Waals surface area contributed by atoms with Crippen LogP contribution in [0.3, 0.4) is 0 Å². The monoisotopic (exact) mass is 432 g/mol. The quantitative estimate of drug-likeness (QED) is 0.504. The number of carboxylic acid groups (broad SMARTS) is 1. The Balaban J connectivity index is 2.05. The van der Waals surface area contributed by atoms with Crippen LogP contribution in [-0.2, 0) is 9.59 Å². The maximum Gasteiger partial charge on any atom is 0.323 e. The highest BCUT2D eigenvalue weighted by Gasteiger charge is 2.38. The summed E-state index contributed by atoms with van der Waals surface area (Å²) in [4.78, 5) is 43.4. The first-order valence-electron chi connectivity index (χ1n) is 11.0. The van der Waals surface area contributed by atoms with Gasteiger partial charge in [0.15, 0.2) is 0 Å². The molecule has 0 bridgehead atoms. The number of unbranched alkanes of at least 4 members (excludes halogenated alkanes) is 1. The minimum atomic E-state index is -0.988. The molecule has 8 nitrogen and oxygen atoms in total. The summed E-state index contributed by atoms with van der Waals surface area (Å²) in [5, 5.41) is 9.12. The lowest BCUT2D eigenvalue weighted by molar-refractivity contribution is -0.144. The largest absolute Gasteiger partial charge is 0.480 e. The first kappa shape index (κ1) is 25.0. The molecular weight excluding hydrogens is 396 g/mol. The van der Waals surface area contributed by atoms with Crippen LogP contribution >= 0.6 is 0 Å². The third kappa shape index (κ3) is 6.59. The highest BCUT2D eigenvalue weighted by molar-refractivity contribution is 5.82. The van der Waals surface area contributed by atoms with Crippen LogP contribution in [0.15, 0.2) is 24.3 Å². The molecule has 31 heavy (non-hydrogen) atoms. The van der Waals surface area contributed by atoms with E-state index in [4.69, 9.17) is 5.11 Å². The standard InChI is InChI=1S/C23H36N4O4/c1-5-7-12-27(16-22(30)31)21(29)15-24(3)13-19-14-26(6-2)23(25(19)4)20-11-9-8-10-18(20)17-28/h8-11,17,19,23H,5-7,12-16H2,1-4H3,(H,30,31). The molecular formula is C23H36N4O4. The molecule has 2 rings (SSSR count). The number of carboxylic acids is 1. The summed E-state index contributed by atoms with van der Waals surface area (Å²) in [5.41, 5.74) is 1.69. The van der Waals surface area contributed by atoms with Crippen LogP contribution in [0, 0.1) is 0 Å². The minimum absolute atomic E-state index is 0.00793. The van der Waals surface area contributed by atoms with E-state index < -0.39 is 5.97 Å². The zero-order chi connectivity index (χ0) is 23.0.